The molecule has 2 rings (SSSR count). The predicted octanol–water partition coefficient (Wildman–Crippen LogP) is 1.37. The van der Waals surface area contributed by atoms with Crippen LogP contribution in [-0.2, 0) is 4.79 Å². The SMILES string of the molecule is [2H]C1([2H])CC(=O)N(C([2H])([2H])[2H])[C@@H]1c1cccnc1. The highest BCUT2D eigenvalue weighted by Gasteiger charge is 2.28. The molecule has 3 heteroatoms. The third kappa shape index (κ3) is 1.41. The fourth-order valence-corrected chi connectivity index (χ4v) is 1.31. The van der Waals surface area contributed by atoms with Crippen molar-refractivity contribution in [1.82, 2.24) is 9.88 Å². The summed E-state index contributed by atoms with van der Waals surface area (Å²) in [7, 11) is 0. The fraction of sp³-hybridized carbons (Fsp3) is 0.400. The van der Waals surface area contributed by atoms with Gasteiger partial charge in [0.2, 0.25) is 5.91 Å². The molecular weight excluding hydrogens is 164 g/mol. The maximum Gasteiger partial charge on any atom is 0.222 e. The van der Waals surface area contributed by atoms with Crippen LogP contribution in [0.1, 0.15) is 31.3 Å². The van der Waals surface area contributed by atoms with Gasteiger partial charge in [-0.2, -0.15) is 0 Å². The van der Waals surface area contributed by atoms with Crippen molar-refractivity contribution in [3.63, 3.8) is 0 Å². The summed E-state index contributed by atoms with van der Waals surface area (Å²) < 4.78 is 37.8. The van der Waals surface area contributed by atoms with Crippen LogP contribution >= 0.6 is 0 Å². The number of likely N-dealkylation sites (tertiary alicyclic amines) is 1. The molecule has 0 aliphatic carbocycles. The molecule has 3 nitrogen and oxygen atoms in total. The van der Waals surface area contributed by atoms with E-state index in [1.54, 1.807) is 12.1 Å². The Bertz CT molecular complexity index is 459. The maximum atomic E-state index is 11.7. The van der Waals surface area contributed by atoms with Crippen LogP contribution in [-0.4, -0.2) is 22.8 Å². The molecule has 1 aliphatic rings. The molecule has 1 atom stereocenters. The minimum absolute atomic E-state index is 0.393. The van der Waals surface area contributed by atoms with E-state index < -0.39 is 31.7 Å². The van der Waals surface area contributed by atoms with Gasteiger partial charge in [0, 0.05) is 32.6 Å². The van der Waals surface area contributed by atoms with Gasteiger partial charge in [-0.3, -0.25) is 9.78 Å². The van der Waals surface area contributed by atoms with Crippen LogP contribution in [0.15, 0.2) is 24.5 Å². The van der Waals surface area contributed by atoms with Crippen molar-refractivity contribution in [3.8, 4) is 0 Å². The van der Waals surface area contributed by atoms with E-state index in [2.05, 4.69) is 4.98 Å². The van der Waals surface area contributed by atoms with Crippen molar-refractivity contribution >= 4 is 5.91 Å². The Hall–Kier alpha value is -1.38. The zero-order valence-electron chi connectivity index (χ0n) is 11.9. The van der Waals surface area contributed by atoms with Crippen molar-refractivity contribution in [2.24, 2.45) is 0 Å². The largest absolute Gasteiger partial charge is 0.339 e. The first kappa shape index (κ1) is 4.22. The molecule has 68 valence electrons. The van der Waals surface area contributed by atoms with E-state index in [1.165, 1.54) is 12.4 Å². The van der Waals surface area contributed by atoms with Crippen LogP contribution in [0.4, 0.5) is 0 Å². The average molecular weight is 181 g/mol. The van der Waals surface area contributed by atoms with E-state index >= 15 is 0 Å². The Morgan fingerprint density at radius 1 is 1.85 bits per heavy atom. The lowest BCUT2D eigenvalue weighted by Crippen LogP contribution is -2.22. The highest BCUT2D eigenvalue weighted by molar-refractivity contribution is 5.78. The molecule has 1 fully saturated rings. The van der Waals surface area contributed by atoms with Crippen molar-refractivity contribution in [3.05, 3.63) is 30.1 Å². The van der Waals surface area contributed by atoms with Crippen LogP contribution in [0.3, 0.4) is 0 Å². The Labute approximate surface area is 84.4 Å². The molecule has 0 N–H and O–H groups in total. The molecular formula is C10H12N2O. The summed E-state index contributed by atoms with van der Waals surface area (Å²) >= 11 is 0. The summed E-state index contributed by atoms with van der Waals surface area (Å²) in [4.78, 5) is 16.2. The second-order valence-corrected chi connectivity index (χ2v) is 2.83. The first-order chi connectivity index (χ1) is 8.23. The van der Waals surface area contributed by atoms with Gasteiger partial charge in [0.1, 0.15) is 0 Å². The topological polar surface area (TPSA) is 33.2 Å². The minimum atomic E-state index is -2.65. The molecule has 1 saturated heterocycles. The van der Waals surface area contributed by atoms with Gasteiger partial charge < -0.3 is 4.90 Å². The number of amides is 1. The molecule has 1 aromatic heterocycles. The monoisotopic (exact) mass is 181 g/mol. The summed E-state index contributed by atoms with van der Waals surface area (Å²) in [5.74, 6) is -0.700. The zero-order valence-corrected chi connectivity index (χ0v) is 6.90. The van der Waals surface area contributed by atoms with Crippen LogP contribution in [0.2, 0.25) is 0 Å². The number of rotatable bonds is 1. The molecule has 0 aromatic carbocycles. The molecule has 13 heavy (non-hydrogen) atoms. The van der Waals surface area contributed by atoms with E-state index in [0.717, 1.165) is 0 Å². The van der Waals surface area contributed by atoms with E-state index in [9.17, 15) is 4.79 Å². The van der Waals surface area contributed by atoms with E-state index in [0.29, 0.717) is 10.5 Å². The van der Waals surface area contributed by atoms with Crippen LogP contribution < -0.4 is 0 Å². The number of hydrogen-bond donors (Lipinski definition) is 0. The predicted molar refractivity (Wildman–Crippen MR) is 49.0 cm³/mol. The van der Waals surface area contributed by atoms with Crippen LogP contribution in [0.25, 0.3) is 0 Å². The van der Waals surface area contributed by atoms with Gasteiger partial charge in [0.05, 0.1) is 6.04 Å². The summed E-state index contributed by atoms with van der Waals surface area (Å²) in [6.45, 7) is -2.65. The average Bonchev–Trinajstić information content (AvgIpc) is 2.48. The summed E-state index contributed by atoms with van der Waals surface area (Å²) in [6.07, 6.45) is 0.564. The second kappa shape index (κ2) is 3.17. The third-order valence-corrected chi connectivity index (χ3v) is 1.97. The van der Waals surface area contributed by atoms with Gasteiger partial charge in [-0.1, -0.05) is 6.07 Å². The summed E-state index contributed by atoms with van der Waals surface area (Å²) in [6, 6.07) is 2.05. The maximum absolute atomic E-state index is 11.7. The molecule has 1 amide bonds. The van der Waals surface area contributed by atoms with Gasteiger partial charge >= 0.3 is 0 Å². The van der Waals surface area contributed by atoms with E-state index in [4.69, 9.17) is 6.85 Å². The lowest BCUT2D eigenvalue weighted by atomic mass is 10.1. The zero-order chi connectivity index (χ0) is 13.6. The fourth-order valence-electron chi connectivity index (χ4n) is 1.31. The highest BCUT2D eigenvalue weighted by atomic mass is 16.2. The second-order valence-electron chi connectivity index (χ2n) is 2.83. The van der Waals surface area contributed by atoms with Gasteiger partial charge in [0.15, 0.2) is 0 Å². The molecule has 0 spiro atoms. The highest BCUT2D eigenvalue weighted by Crippen LogP contribution is 2.30. The summed E-state index contributed by atoms with van der Waals surface area (Å²) in [5, 5.41) is 0. The molecule has 1 aromatic rings. The number of hydrogen-bond acceptors (Lipinski definition) is 2. The number of carbonyl (C=O) groups excluding carboxylic acids is 1. The summed E-state index contributed by atoms with van der Waals surface area (Å²) in [5.41, 5.74) is 0.393. The van der Waals surface area contributed by atoms with Crippen LogP contribution in [0.5, 0.6) is 0 Å². The molecule has 0 unspecified atom stereocenters. The quantitative estimate of drug-likeness (QED) is 0.655. The Kier molecular flexibility index (Phi) is 1.03. The van der Waals surface area contributed by atoms with Gasteiger partial charge in [-0.15, -0.1) is 0 Å². The number of aromatic nitrogens is 1. The van der Waals surface area contributed by atoms with Crippen molar-refractivity contribution < 1.29 is 11.6 Å². The number of carbonyl (C=O) groups is 1. The lowest BCUT2D eigenvalue weighted by Gasteiger charge is -2.19. The van der Waals surface area contributed by atoms with Gasteiger partial charge in [0.25, 0.3) is 0 Å². The molecule has 0 radical (unpaired) electrons. The van der Waals surface area contributed by atoms with Gasteiger partial charge in [-0.05, 0) is 18.0 Å². The molecule has 2 heterocycles. The van der Waals surface area contributed by atoms with E-state index in [-0.39, 0.29) is 0 Å². The molecule has 0 bridgehead atoms. The Balaban J connectivity index is 2.49. The lowest BCUT2D eigenvalue weighted by molar-refractivity contribution is -0.127. The van der Waals surface area contributed by atoms with Crippen molar-refractivity contribution in [2.75, 3.05) is 6.98 Å². The van der Waals surface area contributed by atoms with Crippen molar-refractivity contribution in [2.45, 2.75) is 18.8 Å². The Morgan fingerprint density at radius 2 is 2.77 bits per heavy atom. The normalized spacial score (nSPS) is 32.9. The smallest absolute Gasteiger partial charge is 0.222 e. The Morgan fingerprint density at radius 3 is 3.46 bits per heavy atom. The van der Waals surface area contributed by atoms with Crippen LogP contribution in [0, 0.1) is 0 Å². The molecule has 0 saturated carbocycles. The van der Waals surface area contributed by atoms with Crippen molar-refractivity contribution in [1.29, 1.82) is 0 Å². The first-order valence-corrected chi connectivity index (χ1v) is 3.95. The first-order valence-electron chi connectivity index (χ1n) is 6.45. The standard InChI is InChI=1S/C10H12N2O/c1-12-9(4-5-10(12)13)8-3-2-6-11-7-8/h2-3,6-7,9H,4-5H2,1H3/t9-/m0/s1/i1D3,4D2. The van der Waals surface area contributed by atoms with Gasteiger partial charge in [-0.25, -0.2) is 0 Å². The molecule has 1 aliphatic heterocycles. The minimum Gasteiger partial charge on any atom is -0.339 e. The third-order valence-electron chi connectivity index (χ3n) is 1.97. The van der Waals surface area contributed by atoms with E-state index in [1.807, 2.05) is 0 Å². The number of nitrogens with zero attached hydrogens (tertiary/aromatic N) is 2. The number of pyridine rings is 1.